The highest BCUT2D eigenvalue weighted by atomic mass is 35.5. The van der Waals surface area contributed by atoms with Crippen LogP contribution >= 0.6 is 11.6 Å². The number of halogens is 1. The molecule has 7 rings (SSSR count). The highest BCUT2D eigenvalue weighted by Crippen LogP contribution is 2.49. The molecule has 48 heavy (non-hydrogen) atoms. The topological polar surface area (TPSA) is 71.1 Å². The van der Waals surface area contributed by atoms with Crippen molar-refractivity contribution in [2.24, 2.45) is 23.7 Å². The fourth-order valence-corrected chi connectivity index (χ4v) is 11.3. The van der Waals surface area contributed by atoms with Gasteiger partial charge in [-0.3, -0.25) is 14.4 Å². The normalized spacial score (nSPS) is 35.3. The molecule has 1 amide bonds. The van der Waals surface area contributed by atoms with Gasteiger partial charge in [0.15, 0.2) is 0 Å². The summed E-state index contributed by atoms with van der Waals surface area (Å²) in [5.41, 5.74) is 3.97. The van der Waals surface area contributed by atoms with Crippen LogP contribution in [0.2, 0.25) is 5.02 Å². The summed E-state index contributed by atoms with van der Waals surface area (Å²) in [5, 5.41) is 0.550. The molecule has 8 atom stereocenters. The largest absolute Gasteiger partial charge is 0.490 e. The van der Waals surface area contributed by atoms with E-state index in [2.05, 4.69) is 46.4 Å². The smallest absolute Gasteiger partial charge is 0.262 e. The number of nitrogens with zero attached hydrogens (tertiary/aromatic N) is 2. The van der Waals surface area contributed by atoms with Crippen molar-refractivity contribution in [1.82, 2.24) is 9.62 Å². The summed E-state index contributed by atoms with van der Waals surface area (Å²) in [6.07, 6.45) is 8.86. The van der Waals surface area contributed by atoms with Crippen molar-refractivity contribution in [1.29, 1.82) is 0 Å². The van der Waals surface area contributed by atoms with Gasteiger partial charge in [-0.15, -0.1) is 0 Å². The molecule has 3 aliphatic heterocycles. The molecular weight excluding hydrogens is 642 g/mol. The van der Waals surface area contributed by atoms with Crippen LogP contribution in [0.15, 0.2) is 36.4 Å². The van der Waals surface area contributed by atoms with Gasteiger partial charge < -0.3 is 14.4 Å². The minimum absolute atomic E-state index is 0.173. The fraction of sp³-hybridized carbons (Fsp3) is 0.641. The molecule has 1 saturated carbocycles. The van der Waals surface area contributed by atoms with Crippen LogP contribution in [-0.4, -0.2) is 78.2 Å². The number of rotatable bonds is 2. The number of carbonyl (C=O) groups is 1. The molecule has 9 heteroatoms. The lowest BCUT2D eigenvalue weighted by molar-refractivity contribution is -0.0220. The number of carbonyl (C=O) groups excluding carboxylic acids is 1. The van der Waals surface area contributed by atoms with Crippen molar-refractivity contribution >= 4 is 38.8 Å². The van der Waals surface area contributed by atoms with Gasteiger partial charge in [-0.05, 0) is 130 Å². The average molecular weight is 696 g/mol. The van der Waals surface area contributed by atoms with E-state index in [-0.39, 0.29) is 22.5 Å². The summed E-state index contributed by atoms with van der Waals surface area (Å²) >= 11 is 6.50. The molecule has 5 aliphatic rings. The molecule has 0 aromatic heterocycles. The van der Waals surface area contributed by atoms with Crippen molar-refractivity contribution in [3.8, 4) is 5.75 Å². The Labute approximate surface area is 293 Å². The predicted molar refractivity (Wildman–Crippen MR) is 197 cm³/mol. The van der Waals surface area contributed by atoms with Gasteiger partial charge in [0, 0.05) is 53.5 Å². The lowest BCUT2D eigenvalue weighted by atomic mass is 9.63. The second kappa shape index (κ2) is 13.8. The number of ether oxygens (including phenoxy) is 2. The van der Waals surface area contributed by atoms with Crippen LogP contribution in [0.4, 0.5) is 5.69 Å². The van der Waals surface area contributed by atoms with Gasteiger partial charge in [-0.25, -0.2) is 4.21 Å². The summed E-state index contributed by atoms with van der Waals surface area (Å²) in [6.45, 7) is 12.6. The Morgan fingerprint density at radius 1 is 1.06 bits per heavy atom. The molecule has 2 aliphatic carbocycles. The van der Waals surface area contributed by atoms with E-state index in [4.69, 9.17) is 21.1 Å². The van der Waals surface area contributed by atoms with E-state index in [1.165, 1.54) is 24.0 Å². The summed E-state index contributed by atoms with van der Waals surface area (Å²) in [6, 6.07) is 12.6. The van der Waals surface area contributed by atoms with Crippen molar-refractivity contribution in [2.75, 3.05) is 50.9 Å². The third-order valence-electron chi connectivity index (χ3n) is 12.9. The minimum atomic E-state index is -2.87. The Kier molecular flexibility index (Phi) is 9.84. The first-order chi connectivity index (χ1) is 23.0. The van der Waals surface area contributed by atoms with E-state index < -0.39 is 9.71 Å². The SMILES string of the molecule is C=S1(=O)NC(=O)c2ccc3c(c2)N(C[C@@H]2CC[C@H]2[C@H]([C@H](C)N2CCOCC2)CCC[C@H](C)[C@H]1C)C[C@@]1(CCCc2cc(Cl)ccc21)CO3. The van der Waals surface area contributed by atoms with Gasteiger partial charge >= 0.3 is 0 Å². The second-order valence-corrected chi connectivity index (χ2v) is 18.4. The number of nitrogens with one attached hydrogen (secondary N) is 1. The molecule has 2 aromatic carbocycles. The Bertz CT molecular complexity index is 1610. The van der Waals surface area contributed by atoms with E-state index in [0.717, 1.165) is 94.4 Å². The lowest BCUT2D eigenvalue weighted by Gasteiger charge is -2.50. The molecular formula is C39H54ClN3O4S. The highest BCUT2D eigenvalue weighted by molar-refractivity contribution is 7.99. The van der Waals surface area contributed by atoms with Crippen LogP contribution in [0.25, 0.3) is 0 Å². The molecule has 7 nitrogen and oxygen atoms in total. The number of morpholine rings is 1. The van der Waals surface area contributed by atoms with Crippen LogP contribution in [0, 0.1) is 23.7 Å². The zero-order valence-corrected chi connectivity index (χ0v) is 30.6. The number of fused-ring (bicyclic) bond motifs is 4. The third-order valence-corrected chi connectivity index (χ3v) is 15.3. The van der Waals surface area contributed by atoms with Crippen LogP contribution in [0.5, 0.6) is 5.75 Å². The summed E-state index contributed by atoms with van der Waals surface area (Å²) in [5.74, 6) is 6.53. The van der Waals surface area contributed by atoms with E-state index in [1.807, 2.05) is 31.2 Å². The van der Waals surface area contributed by atoms with Gasteiger partial charge in [0.1, 0.15) is 5.75 Å². The third kappa shape index (κ3) is 6.63. The molecule has 0 radical (unpaired) electrons. The number of amides is 1. The minimum Gasteiger partial charge on any atom is -0.490 e. The fourth-order valence-electron chi connectivity index (χ4n) is 9.59. The van der Waals surface area contributed by atoms with Crippen LogP contribution in [0.3, 0.4) is 0 Å². The first kappa shape index (κ1) is 34.2. The standard InChI is InChI=1S/C39H54ClN3O4S/c1-26-7-5-9-33(27(2)42-17-19-46-20-18-42)34-13-10-31(34)23-43-24-39(16-6-8-29-21-32(40)12-14-35(29)39)25-47-37-15-11-30(22-36(37)43)38(44)41-48(4,45)28(26)3/h11-12,14-15,21-22,26-28,31,33-34H,4-10,13,16-20,23-25H2,1-3H3,(H,41,44,45)/t26-,27-,28+,31-,33-,34+,39-,48?/m0/s1. The maximum Gasteiger partial charge on any atom is 0.262 e. The quantitative estimate of drug-likeness (QED) is 0.351. The van der Waals surface area contributed by atoms with Gasteiger partial charge in [0.25, 0.3) is 5.91 Å². The summed E-state index contributed by atoms with van der Waals surface area (Å²) < 4.78 is 29.3. The molecule has 1 unspecified atom stereocenters. The Morgan fingerprint density at radius 3 is 2.65 bits per heavy atom. The maximum atomic E-state index is 13.9. The molecule has 1 saturated heterocycles. The van der Waals surface area contributed by atoms with Crippen molar-refractivity contribution < 1.29 is 18.5 Å². The first-order valence-corrected chi connectivity index (χ1v) is 20.5. The van der Waals surface area contributed by atoms with Crippen molar-refractivity contribution in [2.45, 2.75) is 88.8 Å². The Morgan fingerprint density at radius 2 is 1.88 bits per heavy atom. The molecule has 2 aromatic rings. The maximum absolute atomic E-state index is 13.9. The number of benzene rings is 2. The first-order valence-electron chi connectivity index (χ1n) is 18.4. The van der Waals surface area contributed by atoms with Crippen LogP contribution < -0.4 is 14.4 Å². The summed E-state index contributed by atoms with van der Waals surface area (Å²) in [4.78, 5) is 18.9. The molecule has 2 fully saturated rings. The van der Waals surface area contributed by atoms with Gasteiger partial charge in [-0.2, -0.15) is 0 Å². The van der Waals surface area contributed by atoms with E-state index in [9.17, 15) is 9.00 Å². The molecule has 2 bridgehead atoms. The number of aryl methyl sites for hydroxylation is 1. The van der Waals surface area contributed by atoms with Crippen LogP contribution in [0.1, 0.15) is 87.2 Å². The number of hydrogen-bond donors (Lipinski definition) is 1. The van der Waals surface area contributed by atoms with Gasteiger partial charge in [-0.1, -0.05) is 31.0 Å². The van der Waals surface area contributed by atoms with Crippen molar-refractivity contribution in [3.05, 3.63) is 58.1 Å². The van der Waals surface area contributed by atoms with E-state index in [1.54, 1.807) is 0 Å². The monoisotopic (exact) mass is 695 g/mol. The number of hydrogen-bond acceptors (Lipinski definition) is 6. The summed E-state index contributed by atoms with van der Waals surface area (Å²) in [7, 11) is -2.87. The molecule has 1 spiro atoms. The zero-order valence-electron chi connectivity index (χ0n) is 29.1. The molecule has 1 N–H and O–H groups in total. The van der Waals surface area contributed by atoms with E-state index in [0.29, 0.717) is 36.0 Å². The van der Waals surface area contributed by atoms with Crippen molar-refractivity contribution in [3.63, 3.8) is 0 Å². The van der Waals surface area contributed by atoms with E-state index >= 15 is 0 Å². The van der Waals surface area contributed by atoms with Gasteiger partial charge in [0.2, 0.25) is 0 Å². The molecule has 262 valence electrons. The molecule has 3 heterocycles. The highest BCUT2D eigenvalue weighted by Gasteiger charge is 2.46. The lowest BCUT2D eigenvalue weighted by Crippen LogP contribution is -2.52. The predicted octanol–water partition coefficient (Wildman–Crippen LogP) is 6.75. The second-order valence-electron chi connectivity index (χ2n) is 15.6. The van der Waals surface area contributed by atoms with Crippen LogP contribution in [-0.2, 0) is 26.3 Å². The van der Waals surface area contributed by atoms with Gasteiger partial charge in [0.05, 0.1) is 35.2 Å². The number of anilines is 1. The Hall–Kier alpha value is -2.26. The Balaban J connectivity index is 1.28. The zero-order chi connectivity index (χ0) is 33.6. The average Bonchev–Trinajstić information content (AvgIpc) is 3.21.